The van der Waals surface area contributed by atoms with Gasteiger partial charge in [-0.3, -0.25) is 0 Å². The standard InChI is InChI=1S/C24H19BrCl2N2O2S/c1-30-21-9-14(12-29-24-18(11-28)17-4-2-3-5-22(17)32-24)8-19(25)23(21)31-13-15-6-7-16(26)10-20(15)27/h6-10,12H,2-5,13H2,1H3. The van der Waals surface area contributed by atoms with Crippen molar-refractivity contribution in [2.45, 2.75) is 32.3 Å². The second kappa shape index (κ2) is 10.3. The summed E-state index contributed by atoms with van der Waals surface area (Å²) in [6.45, 7) is 0.269. The molecule has 1 aromatic heterocycles. The highest BCUT2D eigenvalue weighted by molar-refractivity contribution is 9.10. The van der Waals surface area contributed by atoms with Crippen LogP contribution in [-0.4, -0.2) is 13.3 Å². The summed E-state index contributed by atoms with van der Waals surface area (Å²) >= 11 is 17.4. The minimum absolute atomic E-state index is 0.269. The van der Waals surface area contributed by atoms with Crippen LogP contribution in [-0.2, 0) is 19.4 Å². The molecule has 32 heavy (non-hydrogen) atoms. The number of hydrogen-bond acceptors (Lipinski definition) is 5. The van der Waals surface area contributed by atoms with Crippen molar-refractivity contribution in [2.75, 3.05) is 7.11 Å². The van der Waals surface area contributed by atoms with E-state index in [0.717, 1.165) is 39.9 Å². The third kappa shape index (κ3) is 4.97. The summed E-state index contributed by atoms with van der Waals surface area (Å²) in [5.41, 5.74) is 3.55. The van der Waals surface area contributed by atoms with Gasteiger partial charge in [0, 0.05) is 26.7 Å². The second-order valence-corrected chi connectivity index (χ2v) is 10.1. The summed E-state index contributed by atoms with van der Waals surface area (Å²) in [7, 11) is 1.59. The lowest BCUT2D eigenvalue weighted by Gasteiger charge is -2.14. The lowest BCUT2D eigenvalue weighted by molar-refractivity contribution is 0.282. The lowest BCUT2D eigenvalue weighted by Crippen LogP contribution is -2.00. The molecule has 1 aliphatic carbocycles. The number of aryl methyl sites for hydroxylation is 1. The topological polar surface area (TPSA) is 54.6 Å². The molecule has 0 unspecified atom stereocenters. The molecule has 4 rings (SSSR count). The number of nitrogens with zero attached hydrogens (tertiary/aromatic N) is 2. The smallest absolute Gasteiger partial charge is 0.175 e. The average molecular weight is 550 g/mol. The normalized spacial score (nSPS) is 13.1. The van der Waals surface area contributed by atoms with Gasteiger partial charge in [0.2, 0.25) is 0 Å². The van der Waals surface area contributed by atoms with Gasteiger partial charge in [-0.05, 0) is 77.0 Å². The molecule has 0 atom stereocenters. The number of ether oxygens (including phenoxy) is 2. The minimum Gasteiger partial charge on any atom is -0.493 e. The Labute approximate surface area is 209 Å². The maximum atomic E-state index is 9.63. The van der Waals surface area contributed by atoms with Crippen LogP contribution in [0.4, 0.5) is 5.00 Å². The van der Waals surface area contributed by atoms with Crippen LogP contribution in [0, 0.1) is 11.3 Å². The Morgan fingerprint density at radius 1 is 1.22 bits per heavy atom. The van der Waals surface area contributed by atoms with Crippen molar-refractivity contribution in [3.63, 3.8) is 0 Å². The number of rotatable bonds is 6. The second-order valence-electron chi connectivity index (χ2n) is 7.32. The molecule has 0 aliphatic heterocycles. The maximum absolute atomic E-state index is 9.63. The largest absolute Gasteiger partial charge is 0.493 e. The Bertz CT molecular complexity index is 1230. The van der Waals surface area contributed by atoms with E-state index in [1.54, 1.807) is 36.8 Å². The number of fused-ring (bicyclic) bond motifs is 1. The Hall–Kier alpha value is -2.04. The predicted octanol–water partition coefficient (Wildman–Crippen LogP) is 7.91. The summed E-state index contributed by atoms with van der Waals surface area (Å²) in [5, 5.41) is 11.5. The molecule has 0 radical (unpaired) electrons. The Morgan fingerprint density at radius 2 is 2.03 bits per heavy atom. The van der Waals surface area contributed by atoms with Crippen LogP contribution in [0.5, 0.6) is 11.5 Å². The van der Waals surface area contributed by atoms with E-state index < -0.39 is 0 Å². The van der Waals surface area contributed by atoms with Crippen LogP contribution >= 0.6 is 50.5 Å². The third-order valence-electron chi connectivity index (χ3n) is 5.23. The van der Waals surface area contributed by atoms with Gasteiger partial charge in [-0.15, -0.1) is 11.3 Å². The van der Waals surface area contributed by atoms with Crippen molar-refractivity contribution in [1.82, 2.24) is 0 Å². The van der Waals surface area contributed by atoms with E-state index in [0.29, 0.717) is 27.1 Å². The number of nitriles is 1. The maximum Gasteiger partial charge on any atom is 0.175 e. The first kappa shape index (κ1) is 23.1. The van der Waals surface area contributed by atoms with Crippen LogP contribution in [0.3, 0.4) is 0 Å². The summed E-state index contributed by atoms with van der Waals surface area (Å²) in [4.78, 5) is 5.93. The van der Waals surface area contributed by atoms with Crippen molar-refractivity contribution in [1.29, 1.82) is 5.26 Å². The van der Waals surface area contributed by atoms with Crippen LogP contribution < -0.4 is 9.47 Å². The van der Waals surface area contributed by atoms with Crippen LogP contribution in [0.15, 0.2) is 39.8 Å². The molecule has 1 heterocycles. The summed E-state index contributed by atoms with van der Waals surface area (Å²) in [6, 6.07) is 11.4. The highest BCUT2D eigenvalue weighted by Crippen LogP contribution is 2.40. The predicted molar refractivity (Wildman–Crippen MR) is 134 cm³/mol. The van der Waals surface area contributed by atoms with E-state index in [9.17, 15) is 5.26 Å². The highest BCUT2D eigenvalue weighted by Gasteiger charge is 2.20. The Kier molecular flexibility index (Phi) is 7.42. The van der Waals surface area contributed by atoms with Crippen molar-refractivity contribution in [3.05, 3.63) is 72.0 Å². The quantitative estimate of drug-likeness (QED) is 0.293. The SMILES string of the molecule is COc1cc(C=Nc2sc3c(c2C#N)CCCC3)cc(Br)c1OCc1ccc(Cl)cc1Cl. The molecule has 3 aromatic rings. The number of benzene rings is 2. The molecule has 0 fully saturated rings. The summed E-state index contributed by atoms with van der Waals surface area (Å²) in [6.07, 6.45) is 6.06. The van der Waals surface area contributed by atoms with Crippen LogP contribution in [0.2, 0.25) is 10.0 Å². The molecule has 164 valence electrons. The molecular weight excluding hydrogens is 531 g/mol. The molecule has 0 N–H and O–H groups in total. The van der Waals surface area contributed by atoms with Gasteiger partial charge in [0.05, 0.1) is 17.1 Å². The van der Waals surface area contributed by atoms with Crippen molar-refractivity contribution in [3.8, 4) is 17.6 Å². The van der Waals surface area contributed by atoms with E-state index in [2.05, 4.69) is 27.0 Å². The first-order chi connectivity index (χ1) is 15.5. The van der Waals surface area contributed by atoms with Crippen molar-refractivity contribution >= 4 is 61.7 Å². The molecule has 0 saturated carbocycles. The molecule has 0 bridgehead atoms. The van der Waals surface area contributed by atoms with Crippen molar-refractivity contribution in [2.24, 2.45) is 4.99 Å². The van der Waals surface area contributed by atoms with E-state index in [1.165, 1.54) is 16.9 Å². The third-order valence-corrected chi connectivity index (χ3v) is 7.61. The van der Waals surface area contributed by atoms with E-state index >= 15 is 0 Å². The molecule has 0 spiro atoms. The monoisotopic (exact) mass is 548 g/mol. The number of aliphatic imine (C=N–C) groups is 1. The van der Waals surface area contributed by atoms with Gasteiger partial charge in [-0.2, -0.15) is 5.26 Å². The van der Waals surface area contributed by atoms with E-state index in [4.69, 9.17) is 32.7 Å². The summed E-state index contributed by atoms with van der Waals surface area (Å²) < 4.78 is 12.3. The minimum atomic E-state index is 0.269. The van der Waals surface area contributed by atoms with Gasteiger partial charge in [-0.1, -0.05) is 29.3 Å². The highest BCUT2D eigenvalue weighted by atomic mass is 79.9. The molecule has 2 aromatic carbocycles. The number of halogens is 3. The van der Waals surface area contributed by atoms with E-state index in [-0.39, 0.29) is 6.61 Å². The van der Waals surface area contributed by atoms with Crippen molar-refractivity contribution < 1.29 is 9.47 Å². The molecule has 4 nitrogen and oxygen atoms in total. The fourth-order valence-electron chi connectivity index (χ4n) is 3.63. The Balaban J connectivity index is 1.57. The Morgan fingerprint density at radius 3 is 2.78 bits per heavy atom. The molecular formula is C24H19BrCl2N2O2S. The van der Waals surface area contributed by atoms with Crippen LogP contribution in [0.25, 0.3) is 0 Å². The molecule has 1 aliphatic rings. The molecule has 0 amide bonds. The van der Waals surface area contributed by atoms with E-state index in [1.807, 2.05) is 18.2 Å². The summed E-state index contributed by atoms with van der Waals surface area (Å²) in [5.74, 6) is 1.14. The zero-order valence-corrected chi connectivity index (χ0v) is 21.2. The average Bonchev–Trinajstić information content (AvgIpc) is 3.15. The molecule has 0 saturated heterocycles. The number of hydrogen-bond donors (Lipinski definition) is 0. The fourth-order valence-corrected chi connectivity index (χ4v) is 5.85. The van der Waals surface area contributed by atoms with Gasteiger partial charge in [0.1, 0.15) is 17.7 Å². The lowest BCUT2D eigenvalue weighted by atomic mass is 9.96. The van der Waals surface area contributed by atoms with Crippen LogP contribution in [0.1, 0.15) is 40.0 Å². The van der Waals surface area contributed by atoms with Gasteiger partial charge >= 0.3 is 0 Å². The molecule has 8 heteroatoms. The van der Waals surface area contributed by atoms with Gasteiger partial charge in [0.15, 0.2) is 11.5 Å². The zero-order chi connectivity index (χ0) is 22.7. The first-order valence-corrected chi connectivity index (χ1v) is 12.4. The first-order valence-electron chi connectivity index (χ1n) is 10.0. The van der Waals surface area contributed by atoms with Gasteiger partial charge < -0.3 is 9.47 Å². The zero-order valence-electron chi connectivity index (χ0n) is 17.3. The van der Waals surface area contributed by atoms with Gasteiger partial charge in [0.25, 0.3) is 0 Å². The van der Waals surface area contributed by atoms with Gasteiger partial charge in [-0.25, -0.2) is 4.99 Å². The number of methoxy groups -OCH3 is 1. The fraction of sp³-hybridized carbons (Fsp3) is 0.250. The number of thiophene rings is 1.